The van der Waals surface area contributed by atoms with Crippen LogP contribution in [0.1, 0.15) is 36.3 Å². The summed E-state index contributed by atoms with van der Waals surface area (Å²) in [5.74, 6) is -1.23. The Bertz CT molecular complexity index is 1130. The van der Waals surface area contributed by atoms with Gasteiger partial charge in [-0.05, 0) is 47.9 Å². The van der Waals surface area contributed by atoms with E-state index in [9.17, 15) is 14.4 Å². The zero-order valence-corrected chi connectivity index (χ0v) is 17.5. The van der Waals surface area contributed by atoms with E-state index in [2.05, 4.69) is 5.32 Å². The van der Waals surface area contributed by atoms with Crippen LogP contribution in [0, 0.1) is 0 Å². The van der Waals surface area contributed by atoms with E-state index in [4.69, 9.17) is 5.11 Å². The standard InChI is InChI=1S/C26H24N2O4/c29-24(27-20-13-10-18(11-14-20)12-15-26(31)32)16-19-17-25(30)28(21-6-2-1-3-7-21)23-9-5-4-8-22(19)23/h1-11,13-14,19H,12,15-17H2,(H,27,29)(H,31,32). The third kappa shape index (κ3) is 4.86. The molecule has 2 amide bonds. The van der Waals surface area contributed by atoms with Gasteiger partial charge in [0, 0.05) is 36.6 Å². The van der Waals surface area contributed by atoms with E-state index in [1.807, 2.05) is 66.7 Å². The Balaban J connectivity index is 1.46. The van der Waals surface area contributed by atoms with Crippen molar-refractivity contribution in [3.8, 4) is 0 Å². The summed E-state index contributed by atoms with van der Waals surface area (Å²) in [7, 11) is 0. The number of hydrogen-bond donors (Lipinski definition) is 2. The lowest BCUT2D eigenvalue weighted by Gasteiger charge is -2.34. The minimum Gasteiger partial charge on any atom is -0.481 e. The molecule has 0 saturated heterocycles. The topological polar surface area (TPSA) is 86.7 Å². The number of aryl methyl sites for hydroxylation is 1. The molecule has 6 nitrogen and oxygen atoms in total. The summed E-state index contributed by atoms with van der Waals surface area (Å²) in [6.45, 7) is 0. The van der Waals surface area contributed by atoms with Crippen molar-refractivity contribution in [2.24, 2.45) is 0 Å². The number of amides is 2. The SMILES string of the molecule is O=C(O)CCc1ccc(NC(=O)CC2CC(=O)N(c3ccccc3)c3ccccc32)cc1. The minimum absolute atomic E-state index is 0.0320. The Labute approximate surface area is 186 Å². The summed E-state index contributed by atoms with van der Waals surface area (Å²) in [6, 6.07) is 24.4. The highest BCUT2D eigenvalue weighted by molar-refractivity contribution is 6.04. The maximum absolute atomic E-state index is 13.0. The molecule has 4 rings (SSSR count). The quantitative estimate of drug-likeness (QED) is 0.561. The van der Waals surface area contributed by atoms with Crippen LogP contribution in [0.15, 0.2) is 78.9 Å². The van der Waals surface area contributed by atoms with Crippen molar-refractivity contribution in [1.82, 2.24) is 0 Å². The maximum Gasteiger partial charge on any atom is 0.303 e. The number of carbonyl (C=O) groups is 3. The highest BCUT2D eigenvalue weighted by atomic mass is 16.4. The van der Waals surface area contributed by atoms with Crippen molar-refractivity contribution in [2.75, 3.05) is 10.2 Å². The number of carboxylic acids is 1. The second-order valence-corrected chi connectivity index (χ2v) is 7.87. The molecule has 1 atom stereocenters. The lowest BCUT2D eigenvalue weighted by molar-refractivity contribution is -0.137. The number of carbonyl (C=O) groups excluding carboxylic acids is 2. The molecule has 3 aromatic rings. The van der Waals surface area contributed by atoms with Gasteiger partial charge in [-0.25, -0.2) is 0 Å². The van der Waals surface area contributed by atoms with Gasteiger partial charge in [-0.15, -0.1) is 0 Å². The van der Waals surface area contributed by atoms with Gasteiger partial charge in [0.05, 0.1) is 5.69 Å². The number of nitrogens with one attached hydrogen (secondary N) is 1. The molecule has 0 aliphatic carbocycles. The summed E-state index contributed by atoms with van der Waals surface area (Å²) in [5.41, 5.74) is 4.16. The smallest absolute Gasteiger partial charge is 0.303 e. The molecular formula is C26H24N2O4. The van der Waals surface area contributed by atoms with Crippen LogP contribution < -0.4 is 10.2 Å². The van der Waals surface area contributed by atoms with E-state index < -0.39 is 5.97 Å². The number of anilines is 3. The van der Waals surface area contributed by atoms with Crippen molar-refractivity contribution >= 4 is 34.8 Å². The number of para-hydroxylation sites is 2. The third-order valence-corrected chi connectivity index (χ3v) is 5.60. The Kier molecular flexibility index (Phi) is 6.31. The minimum atomic E-state index is -0.837. The molecule has 0 aromatic heterocycles. The average molecular weight is 428 g/mol. The van der Waals surface area contributed by atoms with E-state index in [0.717, 1.165) is 22.5 Å². The van der Waals surface area contributed by atoms with Gasteiger partial charge in [0.25, 0.3) is 0 Å². The molecule has 0 fully saturated rings. The van der Waals surface area contributed by atoms with E-state index in [0.29, 0.717) is 12.1 Å². The molecule has 0 spiro atoms. The summed E-state index contributed by atoms with van der Waals surface area (Å²) in [5, 5.41) is 11.7. The number of nitrogens with zero attached hydrogens (tertiary/aromatic N) is 1. The van der Waals surface area contributed by atoms with Crippen LogP contribution in [0.2, 0.25) is 0 Å². The van der Waals surface area contributed by atoms with Gasteiger partial charge in [-0.2, -0.15) is 0 Å². The first kappa shape index (κ1) is 21.3. The average Bonchev–Trinajstić information content (AvgIpc) is 2.79. The maximum atomic E-state index is 13.0. The highest BCUT2D eigenvalue weighted by Crippen LogP contribution is 2.41. The van der Waals surface area contributed by atoms with Crippen LogP contribution in [0.3, 0.4) is 0 Å². The number of rotatable bonds is 7. The Morgan fingerprint density at radius 1 is 0.938 bits per heavy atom. The van der Waals surface area contributed by atoms with Crippen molar-refractivity contribution in [1.29, 1.82) is 0 Å². The molecular weight excluding hydrogens is 404 g/mol. The monoisotopic (exact) mass is 428 g/mol. The van der Waals surface area contributed by atoms with Crippen molar-refractivity contribution < 1.29 is 19.5 Å². The predicted octanol–water partition coefficient (Wildman–Crippen LogP) is 4.88. The van der Waals surface area contributed by atoms with Crippen molar-refractivity contribution in [3.05, 3.63) is 90.0 Å². The molecule has 1 heterocycles. The van der Waals surface area contributed by atoms with E-state index in [1.54, 1.807) is 17.0 Å². The van der Waals surface area contributed by atoms with E-state index in [-0.39, 0.29) is 37.0 Å². The fourth-order valence-electron chi connectivity index (χ4n) is 4.07. The van der Waals surface area contributed by atoms with E-state index in [1.165, 1.54) is 0 Å². The molecule has 6 heteroatoms. The number of fused-ring (bicyclic) bond motifs is 1. The van der Waals surface area contributed by atoms with Crippen LogP contribution in [-0.4, -0.2) is 22.9 Å². The van der Waals surface area contributed by atoms with Gasteiger partial charge in [0.15, 0.2) is 0 Å². The lowest BCUT2D eigenvalue weighted by atomic mass is 9.86. The van der Waals surface area contributed by atoms with Gasteiger partial charge in [0.2, 0.25) is 11.8 Å². The van der Waals surface area contributed by atoms with Crippen molar-refractivity contribution in [2.45, 2.75) is 31.6 Å². The molecule has 3 aromatic carbocycles. The first-order valence-corrected chi connectivity index (χ1v) is 10.6. The molecule has 1 aliphatic rings. The van der Waals surface area contributed by atoms with Crippen LogP contribution in [0.4, 0.5) is 17.1 Å². The lowest BCUT2D eigenvalue weighted by Crippen LogP contribution is -2.34. The summed E-state index contributed by atoms with van der Waals surface area (Å²) in [4.78, 5) is 38.2. The largest absolute Gasteiger partial charge is 0.481 e. The molecule has 0 saturated carbocycles. The highest BCUT2D eigenvalue weighted by Gasteiger charge is 2.33. The van der Waals surface area contributed by atoms with Crippen LogP contribution in [0.5, 0.6) is 0 Å². The normalized spacial score (nSPS) is 15.2. The van der Waals surface area contributed by atoms with Crippen LogP contribution in [0.25, 0.3) is 0 Å². The number of aliphatic carboxylic acids is 1. The summed E-state index contributed by atoms with van der Waals surface area (Å²) >= 11 is 0. The number of hydrogen-bond acceptors (Lipinski definition) is 3. The number of carboxylic acid groups (broad SMARTS) is 1. The van der Waals surface area contributed by atoms with Gasteiger partial charge >= 0.3 is 5.97 Å². The fourth-order valence-corrected chi connectivity index (χ4v) is 4.07. The van der Waals surface area contributed by atoms with Crippen molar-refractivity contribution in [3.63, 3.8) is 0 Å². The van der Waals surface area contributed by atoms with Gasteiger partial charge < -0.3 is 10.4 Å². The molecule has 32 heavy (non-hydrogen) atoms. The molecule has 2 N–H and O–H groups in total. The zero-order valence-electron chi connectivity index (χ0n) is 17.5. The molecule has 0 bridgehead atoms. The second kappa shape index (κ2) is 9.47. The predicted molar refractivity (Wildman–Crippen MR) is 123 cm³/mol. The fraction of sp³-hybridized carbons (Fsp3) is 0.192. The van der Waals surface area contributed by atoms with Gasteiger partial charge in [0.1, 0.15) is 0 Å². The second-order valence-electron chi connectivity index (χ2n) is 7.87. The van der Waals surface area contributed by atoms with E-state index >= 15 is 0 Å². The Morgan fingerprint density at radius 3 is 2.34 bits per heavy atom. The van der Waals surface area contributed by atoms with Gasteiger partial charge in [-0.1, -0.05) is 48.5 Å². The number of benzene rings is 3. The van der Waals surface area contributed by atoms with Crippen LogP contribution >= 0.6 is 0 Å². The molecule has 1 aliphatic heterocycles. The summed E-state index contributed by atoms with van der Waals surface area (Å²) in [6.07, 6.45) is 0.975. The molecule has 1 unspecified atom stereocenters. The Hall–Kier alpha value is -3.93. The molecule has 0 radical (unpaired) electrons. The Morgan fingerprint density at radius 2 is 1.62 bits per heavy atom. The third-order valence-electron chi connectivity index (χ3n) is 5.60. The summed E-state index contributed by atoms with van der Waals surface area (Å²) < 4.78 is 0. The van der Waals surface area contributed by atoms with Gasteiger partial charge in [-0.3, -0.25) is 19.3 Å². The zero-order chi connectivity index (χ0) is 22.5. The first-order chi connectivity index (χ1) is 15.5. The molecule has 162 valence electrons. The first-order valence-electron chi connectivity index (χ1n) is 10.6. The van der Waals surface area contributed by atoms with Crippen LogP contribution in [-0.2, 0) is 20.8 Å².